The molecule has 1 saturated carbocycles. The van der Waals surface area contributed by atoms with E-state index in [1.807, 2.05) is 0 Å². The molecule has 3 nitrogen and oxygen atoms in total. The van der Waals surface area contributed by atoms with Crippen molar-refractivity contribution in [3.63, 3.8) is 0 Å². The van der Waals surface area contributed by atoms with Crippen molar-refractivity contribution in [1.29, 1.82) is 0 Å². The highest BCUT2D eigenvalue weighted by molar-refractivity contribution is 5.31. The van der Waals surface area contributed by atoms with E-state index in [1.165, 1.54) is 31.4 Å². The van der Waals surface area contributed by atoms with Crippen LogP contribution in [0.15, 0.2) is 24.3 Å². The summed E-state index contributed by atoms with van der Waals surface area (Å²) in [4.78, 5) is 2.39. The monoisotopic (exact) mass is 371 g/mol. The lowest BCUT2D eigenvalue weighted by Crippen LogP contribution is -2.45. The molecule has 3 rings (SSSR count). The number of aliphatic hydroxyl groups is 1. The number of hydrogen-bond donors (Lipinski definition) is 1. The predicted octanol–water partition coefficient (Wildman–Crippen LogP) is 4.85. The van der Waals surface area contributed by atoms with Crippen molar-refractivity contribution < 1.29 is 23.0 Å². The second-order valence-corrected chi connectivity index (χ2v) is 7.69. The van der Waals surface area contributed by atoms with Gasteiger partial charge in [-0.25, -0.2) is 0 Å². The minimum Gasteiger partial charge on any atom is -0.406 e. The van der Waals surface area contributed by atoms with Crippen molar-refractivity contribution in [2.45, 2.75) is 69.2 Å². The zero-order chi connectivity index (χ0) is 18.6. The van der Waals surface area contributed by atoms with Gasteiger partial charge < -0.3 is 14.7 Å². The summed E-state index contributed by atoms with van der Waals surface area (Å²) in [6.45, 7) is 2.82. The number of halogens is 3. The van der Waals surface area contributed by atoms with Crippen LogP contribution in [0.3, 0.4) is 0 Å². The molecule has 0 aromatic heterocycles. The van der Waals surface area contributed by atoms with Crippen molar-refractivity contribution in [3.8, 4) is 5.75 Å². The van der Waals surface area contributed by atoms with E-state index < -0.39 is 12.0 Å². The number of hydrogen-bond acceptors (Lipinski definition) is 3. The van der Waals surface area contributed by atoms with Crippen LogP contribution in [0.4, 0.5) is 13.2 Å². The number of piperidine rings is 1. The Morgan fingerprint density at radius 1 is 0.962 bits per heavy atom. The zero-order valence-corrected chi connectivity index (χ0v) is 15.1. The van der Waals surface area contributed by atoms with E-state index in [1.54, 1.807) is 12.1 Å². The summed E-state index contributed by atoms with van der Waals surface area (Å²) in [5.74, 6) is -0.297. The molecule has 0 amide bonds. The number of rotatable bonds is 5. The Balaban J connectivity index is 1.79. The third-order valence-corrected chi connectivity index (χ3v) is 5.77. The molecule has 26 heavy (non-hydrogen) atoms. The number of benzene rings is 1. The Morgan fingerprint density at radius 2 is 1.54 bits per heavy atom. The first kappa shape index (κ1) is 19.5. The fourth-order valence-electron chi connectivity index (χ4n) is 4.40. The second kappa shape index (κ2) is 8.17. The summed E-state index contributed by atoms with van der Waals surface area (Å²) in [6, 6.07) is 6.08. The molecule has 1 atom stereocenters. The largest absolute Gasteiger partial charge is 0.573 e. The van der Waals surface area contributed by atoms with Gasteiger partial charge in [0.25, 0.3) is 0 Å². The van der Waals surface area contributed by atoms with Crippen LogP contribution in [0.5, 0.6) is 5.75 Å². The van der Waals surface area contributed by atoms with Crippen LogP contribution in [0.25, 0.3) is 0 Å². The molecule has 0 bridgehead atoms. The van der Waals surface area contributed by atoms with Crippen LogP contribution in [-0.2, 0) is 0 Å². The van der Waals surface area contributed by atoms with Gasteiger partial charge in [-0.15, -0.1) is 13.2 Å². The van der Waals surface area contributed by atoms with Crippen molar-refractivity contribution in [3.05, 3.63) is 29.8 Å². The van der Waals surface area contributed by atoms with Gasteiger partial charge in [0.15, 0.2) is 0 Å². The highest BCUT2D eigenvalue weighted by Crippen LogP contribution is 2.41. The van der Waals surface area contributed by atoms with Crippen LogP contribution in [0.1, 0.15) is 62.8 Å². The van der Waals surface area contributed by atoms with Gasteiger partial charge in [-0.05, 0) is 56.5 Å². The summed E-state index contributed by atoms with van der Waals surface area (Å²) < 4.78 is 41.2. The van der Waals surface area contributed by atoms with Crippen molar-refractivity contribution in [1.82, 2.24) is 4.90 Å². The number of ether oxygens (including phenoxy) is 1. The molecule has 1 aromatic rings. The quantitative estimate of drug-likeness (QED) is 0.803. The molecule has 1 unspecified atom stereocenters. The standard InChI is InChI=1S/C20H28F3NO2/c21-20(22,23)26-17-9-7-16(8-10-17)18(15-24-13-5-2-6-14-24)19(25)11-3-1-4-12-19/h7-10,18,25H,1-6,11-15H2. The Hall–Kier alpha value is -1.27. The van der Waals surface area contributed by atoms with Gasteiger partial charge in [0.05, 0.1) is 5.60 Å². The third-order valence-electron chi connectivity index (χ3n) is 5.77. The minimum atomic E-state index is -4.68. The molecule has 2 aliphatic rings. The van der Waals surface area contributed by atoms with Gasteiger partial charge in [0.1, 0.15) is 5.75 Å². The fraction of sp³-hybridized carbons (Fsp3) is 0.700. The van der Waals surface area contributed by atoms with E-state index in [-0.39, 0.29) is 11.7 Å². The summed E-state index contributed by atoms with van der Waals surface area (Å²) in [7, 11) is 0. The second-order valence-electron chi connectivity index (χ2n) is 7.69. The number of alkyl halides is 3. The summed E-state index contributed by atoms with van der Waals surface area (Å²) in [5, 5.41) is 11.3. The van der Waals surface area contributed by atoms with E-state index >= 15 is 0 Å². The molecule has 1 aliphatic heterocycles. The van der Waals surface area contributed by atoms with E-state index in [0.29, 0.717) is 0 Å². The van der Waals surface area contributed by atoms with Crippen LogP contribution in [0, 0.1) is 0 Å². The van der Waals surface area contributed by atoms with E-state index in [2.05, 4.69) is 9.64 Å². The molecular weight excluding hydrogens is 343 g/mol. The highest BCUT2D eigenvalue weighted by atomic mass is 19.4. The zero-order valence-electron chi connectivity index (χ0n) is 15.1. The lowest BCUT2D eigenvalue weighted by molar-refractivity contribution is -0.274. The number of likely N-dealkylation sites (tertiary alicyclic amines) is 1. The summed E-state index contributed by atoms with van der Waals surface area (Å²) in [5.41, 5.74) is 0.122. The van der Waals surface area contributed by atoms with E-state index in [4.69, 9.17) is 0 Å². The molecule has 1 N–H and O–H groups in total. The maximum atomic E-state index is 12.4. The van der Waals surface area contributed by atoms with Crippen LogP contribution < -0.4 is 4.74 Å². The Labute approximate surface area is 153 Å². The van der Waals surface area contributed by atoms with Crippen LogP contribution >= 0.6 is 0 Å². The molecule has 1 aromatic carbocycles. The third kappa shape index (κ3) is 5.13. The van der Waals surface area contributed by atoms with Crippen LogP contribution in [0.2, 0.25) is 0 Å². The van der Waals surface area contributed by atoms with Crippen molar-refractivity contribution >= 4 is 0 Å². The SMILES string of the molecule is OC1(C(CN2CCCCC2)c2ccc(OC(F)(F)F)cc2)CCCCC1. The van der Waals surface area contributed by atoms with Gasteiger partial charge in [0, 0.05) is 12.5 Å². The van der Waals surface area contributed by atoms with Crippen molar-refractivity contribution in [2.75, 3.05) is 19.6 Å². The van der Waals surface area contributed by atoms with E-state index in [0.717, 1.165) is 57.3 Å². The molecule has 0 spiro atoms. The first-order chi connectivity index (χ1) is 12.4. The fourth-order valence-corrected chi connectivity index (χ4v) is 4.40. The molecule has 1 saturated heterocycles. The van der Waals surface area contributed by atoms with Crippen molar-refractivity contribution in [2.24, 2.45) is 0 Å². The normalized spacial score (nSPS) is 22.8. The van der Waals surface area contributed by atoms with Gasteiger partial charge in [-0.1, -0.05) is 37.8 Å². The topological polar surface area (TPSA) is 32.7 Å². The lowest BCUT2D eigenvalue weighted by atomic mass is 9.72. The molecule has 0 radical (unpaired) electrons. The Morgan fingerprint density at radius 3 is 2.12 bits per heavy atom. The first-order valence-corrected chi connectivity index (χ1v) is 9.66. The smallest absolute Gasteiger partial charge is 0.406 e. The first-order valence-electron chi connectivity index (χ1n) is 9.66. The Kier molecular flexibility index (Phi) is 6.13. The molecular formula is C20H28F3NO2. The average Bonchev–Trinajstić information content (AvgIpc) is 2.61. The summed E-state index contributed by atoms with van der Waals surface area (Å²) >= 11 is 0. The van der Waals surface area contributed by atoms with E-state index in [9.17, 15) is 18.3 Å². The van der Waals surface area contributed by atoms with Gasteiger partial charge in [-0.3, -0.25) is 0 Å². The maximum absolute atomic E-state index is 12.4. The lowest BCUT2D eigenvalue weighted by Gasteiger charge is -2.42. The number of nitrogens with zero attached hydrogens (tertiary/aromatic N) is 1. The van der Waals surface area contributed by atoms with Gasteiger partial charge in [-0.2, -0.15) is 0 Å². The molecule has 1 aliphatic carbocycles. The molecule has 146 valence electrons. The van der Waals surface area contributed by atoms with Gasteiger partial charge in [0.2, 0.25) is 0 Å². The molecule has 6 heteroatoms. The highest BCUT2D eigenvalue weighted by Gasteiger charge is 2.40. The maximum Gasteiger partial charge on any atom is 0.573 e. The predicted molar refractivity (Wildman–Crippen MR) is 94.2 cm³/mol. The van der Waals surface area contributed by atoms with Gasteiger partial charge >= 0.3 is 6.36 Å². The van der Waals surface area contributed by atoms with Crippen LogP contribution in [-0.4, -0.2) is 41.6 Å². The molecule has 2 fully saturated rings. The molecule has 1 heterocycles. The minimum absolute atomic E-state index is 0.0826. The average molecular weight is 371 g/mol. The summed E-state index contributed by atoms with van der Waals surface area (Å²) in [6.07, 6.45) is 3.55. The Bertz CT molecular complexity index is 561.